The maximum absolute atomic E-state index is 13.1. The van der Waals surface area contributed by atoms with Crippen molar-refractivity contribution >= 4 is 11.6 Å². The second-order valence-corrected chi connectivity index (χ2v) is 5.31. The quantitative estimate of drug-likeness (QED) is 0.459. The first kappa shape index (κ1) is 19.4. The number of anilines is 1. The van der Waals surface area contributed by atoms with Crippen LogP contribution in [0.5, 0.6) is 11.5 Å². The first-order valence-corrected chi connectivity index (χ1v) is 7.56. The van der Waals surface area contributed by atoms with Gasteiger partial charge in [0.05, 0.1) is 6.54 Å². The molecule has 0 saturated carbocycles. The minimum Gasteiger partial charge on any atom is -0.489 e. The van der Waals surface area contributed by atoms with Gasteiger partial charge in [-0.1, -0.05) is 6.07 Å². The Morgan fingerprint density at radius 1 is 1.15 bits per heavy atom. The summed E-state index contributed by atoms with van der Waals surface area (Å²) in [5, 5.41) is 2.74. The molecule has 0 aliphatic rings. The molecule has 2 aromatic carbocycles. The summed E-state index contributed by atoms with van der Waals surface area (Å²) in [4.78, 5) is 4.07. The highest BCUT2D eigenvalue weighted by atomic mass is 19.4. The van der Waals surface area contributed by atoms with Crippen LogP contribution >= 0.6 is 0 Å². The molecule has 0 spiro atoms. The lowest BCUT2D eigenvalue weighted by atomic mass is 10.3. The second-order valence-electron chi connectivity index (χ2n) is 5.31. The zero-order valence-corrected chi connectivity index (χ0v) is 13.8. The van der Waals surface area contributed by atoms with E-state index in [1.165, 1.54) is 30.3 Å². The number of guanidine groups is 1. The molecule has 2 rings (SSSR count). The summed E-state index contributed by atoms with van der Waals surface area (Å²) in [6, 6.07) is 10.8. The van der Waals surface area contributed by atoms with E-state index >= 15 is 0 Å². The normalized spacial score (nSPS) is 13.2. The molecule has 0 saturated heterocycles. The molecule has 26 heavy (non-hydrogen) atoms. The molecule has 0 fully saturated rings. The Balaban J connectivity index is 1.85. The Labute approximate surface area is 147 Å². The van der Waals surface area contributed by atoms with E-state index in [0.717, 1.165) is 12.1 Å². The standard InChI is InChI=1S/C17H17F4N3O2/c1-11(25-15-4-2-3-12(18)9-15)10-23-16(22)24-13-5-7-14(8-6-13)26-17(19,20)21/h2-9,11H,10H2,1H3,(H3,22,23,24). The molecule has 1 atom stereocenters. The zero-order valence-electron chi connectivity index (χ0n) is 13.8. The van der Waals surface area contributed by atoms with Gasteiger partial charge >= 0.3 is 6.36 Å². The van der Waals surface area contributed by atoms with Crippen LogP contribution in [0.25, 0.3) is 0 Å². The molecule has 0 radical (unpaired) electrons. The van der Waals surface area contributed by atoms with E-state index in [1.54, 1.807) is 13.0 Å². The van der Waals surface area contributed by atoms with Gasteiger partial charge in [0.25, 0.3) is 0 Å². The largest absolute Gasteiger partial charge is 0.573 e. The number of nitrogens with two attached hydrogens (primary N) is 1. The number of aliphatic imine (C=N–C) groups is 1. The van der Waals surface area contributed by atoms with Gasteiger partial charge in [0, 0.05) is 11.8 Å². The van der Waals surface area contributed by atoms with Crippen molar-refractivity contribution in [1.29, 1.82) is 0 Å². The zero-order chi connectivity index (χ0) is 19.2. The number of nitrogens with zero attached hydrogens (tertiary/aromatic N) is 1. The number of alkyl halides is 3. The van der Waals surface area contributed by atoms with E-state index in [4.69, 9.17) is 10.5 Å². The summed E-state index contributed by atoms with van der Waals surface area (Å²) in [7, 11) is 0. The Bertz CT molecular complexity index is 748. The maximum Gasteiger partial charge on any atom is 0.573 e. The van der Waals surface area contributed by atoms with E-state index < -0.39 is 12.2 Å². The predicted octanol–water partition coefficient (Wildman–Crippen LogP) is 3.92. The van der Waals surface area contributed by atoms with Crippen LogP contribution in [-0.2, 0) is 0 Å². The Kier molecular flexibility index (Phi) is 6.26. The van der Waals surface area contributed by atoms with Crippen LogP contribution in [0.15, 0.2) is 53.5 Å². The fraction of sp³-hybridized carbons (Fsp3) is 0.235. The summed E-state index contributed by atoms with van der Waals surface area (Å²) in [6.07, 6.45) is -5.10. The van der Waals surface area contributed by atoms with Crippen LogP contribution in [-0.4, -0.2) is 25.0 Å². The average Bonchev–Trinajstić information content (AvgIpc) is 2.53. The molecule has 2 aromatic rings. The maximum atomic E-state index is 13.1. The third-order valence-corrected chi connectivity index (χ3v) is 3.01. The van der Waals surface area contributed by atoms with Gasteiger partial charge in [-0.3, -0.25) is 0 Å². The fourth-order valence-corrected chi connectivity index (χ4v) is 1.96. The summed E-state index contributed by atoms with van der Waals surface area (Å²) < 4.78 is 58.7. The van der Waals surface area contributed by atoms with E-state index in [0.29, 0.717) is 11.4 Å². The van der Waals surface area contributed by atoms with E-state index in [2.05, 4.69) is 15.0 Å². The Morgan fingerprint density at radius 2 is 1.85 bits per heavy atom. The molecule has 140 valence electrons. The topological polar surface area (TPSA) is 68.9 Å². The number of halogens is 4. The van der Waals surface area contributed by atoms with Crippen molar-refractivity contribution in [2.45, 2.75) is 19.4 Å². The van der Waals surface area contributed by atoms with Gasteiger partial charge in [-0.25, -0.2) is 9.38 Å². The van der Waals surface area contributed by atoms with Gasteiger partial charge in [0.1, 0.15) is 23.4 Å². The molecular weight excluding hydrogens is 354 g/mol. The highest BCUT2D eigenvalue weighted by molar-refractivity contribution is 5.92. The third kappa shape index (κ3) is 6.88. The summed E-state index contributed by atoms with van der Waals surface area (Å²) in [5.74, 6) is -0.309. The second kappa shape index (κ2) is 8.41. The molecule has 3 N–H and O–H groups in total. The van der Waals surface area contributed by atoms with Crippen LogP contribution in [0, 0.1) is 5.82 Å². The molecule has 0 heterocycles. The van der Waals surface area contributed by atoms with Gasteiger partial charge < -0.3 is 20.5 Å². The molecular formula is C17H17F4N3O2. The first-order valence-electron chi connectivity index (χ1n) is 7.56. The van der Waals surface area contributed by atoms with Crippen LogP contribution in [0.1, 0.15) is 6.92 Å². The van der Waals surface area contributed by atoms with Gasteiger partial charge in [0.15, 0.2) is 5.96 Å². The average molecular weight is 371 g/mol. The monoisotopic (exact) mass is 371 g/mol. The SMILES string of the molecule is CC(CN=C(N)Nc1ccc(OC(F)(F)F)cc1)Oc1cccc(F)c1. The molecule has 5 nitrogen and oxygen atoms in total. The lowest BCUT2D eigenvalue weighted by Gasteiger charge is -2.13. The van der Waals surface area contributed by atoms with Gasteiger partial charge in [-0.05, 0) is 43.3 Å². The number of hydrogen-bond donors (Lipinski definition) is 2. The van der Waals surface area contributed by atoms with Crippen LogP contribution in [0.3, 0.4) is 0 Å². The van der Waals surface area contributed by atoms with Crippen LogP contribution < -0.4 is 20.5 Å². The molecule has 0 aromatic heterocycles. The van der Waals surface area contributed by atoms with Crippen molar-refractivity contribution in [1.82, 2.24) is 0 Å². The summed E-state index contributed by atoms with van der Waals surface area (Å²) >= 11 is 0. The number of hydrogen-bond acceptors (Lipinski definition) is 3. The van der Waals surface area contributed by atoms with Gasteiger partial charge in [0.2, 0.25) is 0 Å². The molecule has 9 heteroatoms. The van der Waals surface area contributed by atoms with E-state index in [9.17, 15) is 17.6 Å². The van der Waals surface area contributed by atoms with Crippen molar-refractivity contribution < 1.29 is 27.0 Å². The fourth-order valence-electron chi connectivity index (χ4n) is 1.96. The lowest BCUT2D eigenvalue weighted by molar-refractivity contribution is -0.274. The summed E-state index contributed by atoms with van der Waals surface area (Å²) in [6.45, 7) is 1.94. The van der Waals surface area contributed by atoms with E-state index in [-0.39, 0.29) is 24.4 Å². The van der Waals surface area contributed by atoms with Crippen molar-refractivity contribution in [2.75, 3.05) is 11.9 Å². The van der Waals surface area contributed by atoms with E-state index in [1.807, 2.05) is 0 Å². The lowest BCUT2D eigenvalue weighted by Crippen LogP contribution is -2.25. The number of rotatable bonds is 6. The smallest absolute Gasteiger partial charge is 0.489 e. The van der Waals surface area contributed by atoms with Crippen molar-refractivity contribution in [3.8, 4) is 11.5 Å². The minimum absolute atomic E-state index is 0.0594. The number of nitrogens with one attached hydrogen (secondary N) is 1. The van der Waals surface area contributed by atoms with Gasteiger partial charge in [-0.15, -0.1) is 13.2 Å². The first-order chi connectivity index (χ1) is 12.2. The van der Waals surface area contributed by atoms with Crippen LogP contribution in [0.4, 0.5) is 23.2 Å². The molecule has 0 bridgehead atoms. The predicted molar refractivity (Wildman–Crippen MR) is 89.7 cm³/mol. The Morgan fingerprint density at radius 3 is 2.46 bits per heavy atom. The van der Waals surface area contributed by atoms with Crippen molar-refractivity contribution in [2.24, 2.45) is 10.7 Å². The molecule has 0 aliphatic carbocycles. The highest BCUT2D eigenvalue weighted by Crippen LogP contribution is 2.23. The minimum atomic E-state index is -4.74. The van der Waals surface area contributed by atoms with Gasteiger partial charge in [-0.2, -0.15) is 0 Å². The molecule has 0 aliphatic heterocycles. The van der Waals surface area contributed by atoms with Crippen LogP contribution in [0.2, 0.25) is 0 Å². The Hall–Kier alpha value is -2.97. The van der Waals surface area contributed by atoms with Crippen molar-refractivity contribution in [3.05, 3.63) is 54.3 Å². The third-order valence-electron chi connectivity index (χ3n) is 3.01. The van der Waals surface area contributed by atoms with Crippen molar-refractivity contribution in [3.63, 3.8) is 0 Å². The highest BCUT2D eigenvalue weighted by Gasteiger charge is 2.30. The number of benzene rings is 2. The number of ether oxygens (including phenoxy) is 2. The summed E-state index contributed by atoms with van der Waals surface area (Å²) in [5.41, 5.74) is 6.17. The molecule has 0 amide bonds. The molecule has 1 unspecified atom stereocenters.